The molecule has 0 bridgehead atoms. The Kier molecular flexibility index (Phi) is 6.07. The van der Waals surface area contributed by atoms with Crippen molar-refractivity contribution in [1.82, 2.24) is 10.6 Å². The Morgan fingerprint density at radius 3 is 2.32 bits per heavy atom. The number of amides is 1. The minimum Gasteiger partial charge on any atom is -0.457 e. The van der Waals surface area contributed by atoms with E-state index in [1.54, 1.807) is 0 Å². The van der Waals surface area contributed by atoms with Crippen molar-refractivity contribution in [1.29, 1.82) is 0 Å². The molecule has 3 rings (SSSR count). The lowest BCUT2D eigenvalue weighted by atomic mass is 9.86. The van der Waals surface area contributed by atoms with E-state index in [-0.39, 0.29) is 11.9 Å². The Bertz CT molecular complexity index is 670. The Morgan fingerprint density at radius 1 is 1.00 bits per heavy atom. The lowest BCUT2D eigenvalue weighted by Gasteiger charge is -2.38. The maximum atomic E-state index is 12.4. The molecule has 2 atom stereocenters. The molecule has 0 heterocycles. The number of benzene rings is 2. The fraction of sp³-hybridized carbons (Fsp3) is 0.381. The number of hydrogen-bond donors (Lipinski definition) is 2. The third kappa shape index (κ3) is 4.83. The Labute approximate surface area is 149 Å². The molecule has 2 aromatic rings. The van der Waals surface area contributed by atoms with Gasteiger partial charge in [0, 0.05) is 17.6 Å². The second kappa shape index (κ2) is 8.67. The highest BCUT2D eigenvalue weighted by molar-refractivity contribution is 5.94. The quantitative estimate of drug-likeness (QED) is 0.712. The molecule has 0 spiro atoms. The van der Waals surface area contributed by atoms with Crippen molar-refractivity contribution in [3.63, 3.8) is 0 Å². The van der Waals surface area contributed by atoms with Crippen molar-refractivity contribution in [2.75, 3.05) is 6.54 Å². The Hall–Kier alpha value is -2.33. The van der Waals surface area contributed by atoms with Crippen LogP contribution in [0.2, 0.25) is 0 Å². The van der Waals surface area contributed by atoms with Gasteiger partial charge in [0.2, 0.25) is 0 Å². The normalized spacial score (nSPS) is 19.1. The van der Waals surface area contributed by atoms with Gasteiger partial charge in [-0.2, -0.15) is 0 Å². The number of carbonyl (C=O) groups is 1. The van der Waals surface area contributed by atoms with Crippen LogP contribution in [0.1, 0.15) is 43.0 Å². The van der Waals surface area contributed by atoms with Crippen molar-refractivity contribution in [3.8, 4) is 11.5 Å². The molecule has 0 saturated heterocycles. The SMILES string of the molecule is CCCCNC1CCC1NC(=O)c1ccc(Oc2ccccc2)cc1. The molecular formula is C21H26N2O2. The van der Waals surface area contributed by atoms with Gasteiger partial charge in [-0.3, -0.25) is 4.79 Å². The molecule has 1 saturated carbocycles. The molecule has 1 fully saturated rings. The van der Waals surface area contributed by atoms with Crippen LogP contribution in [0.25, 0.3) is 0 Å². The summed E-state index contributed by atoms with van der Waals surface area (Å²) in [7, 11) is 0. The molecule has 0 aliphatic heterocycles. The molecule has 4 nitrogen and oxygen atoms in total. The van der Waals surface area contributed by atoms with Crippen LogP contribution in [0.5, 0.6) is 11.5 Å². The fourth-order valence-corrected chi connectivity index (χ4v) is 2.93. The van der Waals surface area contributed by atoms with Gasteiger partial charge in [-0.15, -0.1) is 0 Å². The molecular weight excluding hydrogens is 312 g/mol. The average molecular weight is 338 g/mol. The largest absolute Gasteiger partial charge is 0.457 e. The predicted octanol–water partition coefficient (Wildman–Crippen LogP) is 4.13. The monoisotopic (exact) mass is 338 g/mol. The molecule has 132 valence electrons. The first-order valence-electron chi connectivity index (χ1n) is 9.13. The highest BCUT2D eigenvalue weighted by atomic mass is 16.5. The molecule has 2 unspecified atom stereocenters. The fourth-order valence-electron chi connectivity index (χ4n) is 2.93. The summed E-state index contributed by atoms with van der Waals surface area (Å²) in [4.78, 5) is 12.4. The van der Waals surface area contributed by atoms with Crippen LogP contribution in [0.4, 0.5) is 0 Å². The zero-order valence-corrected chi connectivity index (χ0v) is 14.7. The van der Waals surface area contributed by atoms with Crippen LogP contribution in [0, 0.1) is 0 Å². The number of ether oxygens (including phenoxy) is 1. The van der Waals surface area contributed by atoms with Gasteiger partial charge in [0.25, 0.3) is 5.91 Å². The standard InChI is InChI=1S/C21H26N2O2/c1-2-3-15-22-19-13-14-20(19)23-21(24)16-9-11-18(12-10-16)25-17-7-5-4-6-8-17/h4-12,19-20,22H,2-3,13-15H2,1H3,(H,23,24). The molecule has 1 aliphatic rings. The molecule has 25 heavy (non-hydrogen) atoms. The van der Waals surface area contributed by atoms with E-state index in [1.165, 1.54) is 12.8 Å². The van der Waals surface area contributed by atoms with Gasteiger partial charge >= 0.3 is 0 Å². The van der Waals surface area contributed by atoms with Gasteiger partial charge in [-0.25, -0.2) is 0 Å². The van der Waals surface area contributed by atoms with E-state index in [0.29, 0.717) is 11.6 Å². The van der Waals surface area contributed by atoms with E-state index in [9.17, 15) is 4.79 Å². The van der Waals surface area contributed by atoms with E-state index >= 15 is 0 Å². The lowest BCUT2D eigenvalue weighted by Crippen LogP contribution is -2.56. The lowest BCUT2D eigenvalue weighted by molar-refractivity contribution is 0.0894. The van der Waals surface area contributed by atoms with Gasteiger partial charge in [0.05, 0.1) is 0 Å². The van der Waals surface area contributed by atoms with Crippen LogP contribution in [-0.4, -0.2) is 24.5 Å². The minimum absolute atomic E-state index is 0.0155. The third-order valence-electron chi connectivity index (χ3n) is 4.62. The first-order valence-corrected chi connectivity index (χ1v) is 9.13. The highest BCUT2D eigenvalue weighted by Crippen LogP contribution is 2.23. The topological polar surface area (TPSA) is 50.4 Å². The van der Waals surface area contributed by atoms with Crippen molar-refractivity contribution in [2.45, 2.75) is 44.7 Å². The molecule has 0 aromatic heterocycles. The number of rotatable bonds is 8. The number of para-hydroxylation sites is 1. The van der Waals surface area contributed by atoms with Crippen LogP contribution in [-0.2, 0) is 0 Å². The maximum Gasteiger partial charge on any atom is 0.251 e. The summed E-state index contributed by atoms with van der Waals surface area (Å²) < 4.78 is 5.76. The summed E-state index contributed by atoms with van der Waals surface area (Å²) in [6, 6.07) is 17.6. The van der Waals surface area contributed by atoms with Gasteiger partial charge in [-0.1, -0.05) is 31.5 Å². The van der Waals surface area contributed by atoms with Crippen LogP contribution >= 0.6 is 0 Å². The summed E-state index contributed by atoms with van der Waals surface area (Å²) >= 11 is 0. The molecule has 1 aliphatic carbocycles. The number of hydrogen-bond acceptors (Lipinski definition) is 3. The first kappa shape index (κ1) is 17.5. The van der Waals surface area contributed by atoms with Crippen LogP contribution in [0.3, 0.4) is 0 Å². The molecule has 2 N–H and O–H groups in total. The summed E-state index contributed by atoms with van der Waals surface area (Å²) in [5, 5.41) is 6.67. The zero-order chi connectivity index (χ0) is 17.5. The third-order valence-corrected chi connectivity index (χ3v) is 4.62. The number of carbonyl (C=O) groups excluding carboxylic acids is 1. The number of unbranched alkanes of at least 4 members (excludes halogenated alkanes) is 1. The first-order chi connectivity index (χ1) is 12.3. The summed E-state index contributed by atoms with van der Waals surface area (Å²) in [6.45, 7) is 3.21. The van der Waals surface area contributed by atoms with Gasteiger partial charge in [0.15, 0.2) is 0 Å². The second-order valence-corrected chi connectivity index (χ2v) is 6.51. The van der Waals surface area contributed by atoms with E-state index < -0.39 is 0 Å². The van der Waals surface area contributed by atoms with E-state index in [1.807, 2.05) is 54.6 Å². The molecule has 0 radical (unpaired) electrons. The van der Waals surface area contributed by atoms with Crippen LogP contribution in [0.15, 0.2) is 54.6 Å². The van der Waals surface area contributed by atoms with Crippen LogP contribution < -0.4 is 15.4 Å². The Morgan fingerprint density at radius 2 is 1.68 bits per heavy atom. The molecule has 2 aromatic carbocycles. The van der Waals surface area contributed by atoms with E-state index in [0.717, 1.165) is 30.9 Å². The van der Waals surface area contributed by atoms with E-state index in [2.05, 4.69) is 17.6 Å². The van der Waals surface area contributed by atoms with Crippen molar-refractivity contribution in [2.24, 2.45) is 0 Å². The molecule has 1 amide bonds. The van der Waals surface area contributed by atoms with Gasteiger partial charge in [0.1, 0.15) is 11.5 Å². The summed E-state index contributed by atoms with van der Waals surface area (Å²) in [5.41, 5.74) is 0.666. The smallest absolute Gasteiger partial charge is 0.251 e. The van der Waals surface area contributed by atoms with Gasteiger partial charge in [-0.05, 0) is 62.2 Å². The highest BCUT2D eigenvalue weighted by Gasteiger charge is 2.31. The minimum atomic E-state index is -0.0155. The second-order valence-electron chi connectivity index (χ2n) is 6.51. The van der Waals surface area contributed by atoms with E-state index in [4.69, 9.17) is 4.74 Å². The van der Waals surface area contributed by atoms with Crippen molar-refractivity contribution >= 4 is 5.91 Å². The molecule has 4 heteroatoms. The van der Waals surface area contributed by atoms with Crippen molar-refractivity contribution in [3.05, 3.63) is 60.2 Å². The average Bonchev–Trinajstić information content (AvgIpc) is 2.63. The Balaban J connectivity index is 1.51. The summed E-state index contributed by atoms with van der Waals surface area (Å²) in [5.74, 6) is 1.50. The predicted molar refractivity (Wildman–Crippen MR) is 100 cm³/mol. The van der Waals surface area contributed by atoms with Gasteiger partial charge < -0.3 is 15.4 Å². The van der Waals surface area contributed by atoms with Crippen molar-refractivity contribution < 1.29 is 9.53 Å². The zero-order valence-electron chi connectivity index (χ0n) is 14.7. The maximum absolute atomic E-state index is 12.4. The summed E-state index contributed by atoms with van der Waals surface area (Å²) in [6.07, 6.45) is 4.55. The number of nitrogens with one attached hydrogen (secondary N) is 2.